The van der Waals surface area contributed by atoms with Gasteiger partial charge in [-0.2, -0.15) is 0 Å². The van der Waals surface area contributed by atoms with Gasteiger partial charge in [-0.25, -0.2) is 0 Å². The summed E-state index contributed by atoms with van der Waals surface area (Å²) < 4.78 is 1.12. The van der Waals surface area contributed by atoms with Crippen molar-refractivity contribution in [3.8, 4) is 0 Å². The first-order valence-corrected chi connectivity index (χ1v) is 9.36. The van der Waals surface area contributed by atoms with Crippen molar-refractivity contribution in [1.29, 1.82) is 0 Å². The van der Waals surface area contributed by atoms with E-state index in [1.807, 2.05) is 18.3 Å². The Kier molecular flexibility index (Phi) is 4.80. The minimum atomic E-state index is 0.0954. The molecule has 0 bridgehead atoms. The molecule has 3 rings (SSSR count). The van der Waals surface area contributed by atoms with Gasteiger partial charge in [0.2, 0.25) is 0 Å². The van der Waals surface area contributed by atoms with Crippen molar-refractivity contribution in [2.24, 2.45) is 5.92 Å². The topological polar surface area (TPSA) is 28.2 Å². The highest BCUT2D eigenvalue weighted by atomic mass is 79.9. The number of hydrogen-bond donors (Lipinski definition) is 1. The average Bonchev–Trinajstić information content (AvgIpc) is 3.04. The molecule has 6 heteroatoms. The summed E-state index contributed by atoms with van der Waals surface area (Å²) in [5.41, 5.74) is 1.03. The van der Waals surface area contributed by atoms with Crippen LogP contribution in [0.1, 0.15) is 36.5 Å². The van der Waals surface area contributed by atoms with Crippen LogP contribution in [0.25, 0.3) is 0 Å². The molecule has 0 saturated carbocycles. The second-order valence-electron chi connectivity index (χ2n) is 5.84. The lowest BCUT2D eigenvalue weighted by molar-refractivity contribution is 0.291. The quantitative estimate of drug-likeness (QED) is 0.769. The van der Waals surface area contributed by atoms with Crippen molar-refractivity contribution in [3.05, 3.63) is 50.9 Å². The first kappa shape index (κ1) is 15.9. The fourth-order valence-corrected chi connectivity index (χ4v) is 4.70. The van der Waals surface area contributed by atoms with Gasteiger partial charge in [0.1, 0.15) is 0 Å². The maximum atomic E-state index is 5.60. The zero-order chi connectivity index (χ0) is 15.7. The van der Waals surface area contributed by atoms with Gasteiger partial charge in [0, 0.05) is 27.5 Å². The molecule has 0 unspecified atom stereocenters. The highest BCUT2D eigenvalue weighted by Gasteiger charge is 2.40. The van der Waals surface area contributed by atoms with Crippen LogP contribution in [0, 0.1) is 5.92 Å². The predicted molar refractivity (Wildman–Crippen MR) is 99.0 cm³/mol. The number of thiophene rings is 1. The first-order valence-electron chi connectivity index (χ1n) is 7.28. The zero-order valence-electron chi connectivity index (χ0n) is 12.5. The van der Waals surface area contributed by atoms with Crippen LogP contribution >= 0.6 is 39.5 Å². The lowest BCUT2D eigenvalue weighted by Crippen LogP contribution is -2.32. The average molecular weight is 396 g/mol. The fraction of sp³-hybridized carbons (Fsp3) is 0.375. The van der Waals surface area contributed by atoms with E-state index in [0.29, 0.717) is 5.92 Å². The largest absolute Gasteiger partial charge is 0.352 e. The van der Waals surface area contributed by atoms with Gasteiger partial charge in [-0.15, -0.1) is 11.3 Å². The van der Waals surface area contributed by atoms with Gasteiger partial charge in [-0.05, 0) is 52.3 Å². The van der Waals surface area contributed by atoms with Gasteiger partial charge >= 0.3 is 0 Å². The van der Waals surface area contributed by atoms with E-state index < -0.39 is 0 Å². The number of rotatable bonds is 4. The van der Waals surface area contributed by atoms with Crippen LogP contribution in [0.4, 0.5) is 0 Å². The van der Waals surface area contributed by atoms with Crippen molar-refractivity contribution >= 4 is 44.6 Å². The summed E-state index contributed by atoms with van der Waals surface area (Å²) in [4.78, 5) is 8.14. The van der Waals surface area contributed by atoms with E-state index in [2.05, 4.69) is 62.5 Å². The van der Waals surface area contributed by atoms with Crippen molar-refractivity contribution in [3.63, 3.8) is 0 Å². The molecule has 3 nitrogen and oxygen atoms in total. The number of aromatic nitrogens is 1. The second kappa shape index (κ2) is 6.64. The molecule has 2 atom stereocenters. The Hall–Kier alpha value is -0.980. The lowest BCUT2D eigenvalue weighted by atomic mass is 10.0. The van der Waals surface area contributed by atoms with Gasteiger partial charge in [0.15, 0.2) is 5.11 Å². The first-order chi connectivity index (χ1) is 10.6. The van der Waals surface area contributed by atoms with E-state index in [0.717, 1.165) is 21.8 Å². The van der Waals surface area contributed by atoms with Crippen molar-refractivity contribution < 1.29 is 0 Å². The zero-order valence-corrected chi connectivity index (χ0v) is 15.7. The maximum absolute atomic E-state index is 5.60. The number of halogens is 1. The molecule has 1 fully saturated rings. The molecule has 3 heterocycles. The van der Waals surface area contributed by atoms with Gasteiger partial charge < -0.3 is 10.2 Å². The van der Waals surface area contributed by atoms with Gasteiger partial charge in [-0.3, -0.25) is 4.98 Å². The van der Waals surface area contributed by atoms with Gasteiger partial charge in [-0.1, -0.05) is 19.9 Å². The van der Waals surface area contributed by atoms with E-state index >= 15 is 0 Å². The molecule has 2 aromatic rings. The Labute approximate surface area is 148 Å². The molecule has 0 aliphatic carbocycles. The molecular formula is C16H18BrN3S2. The van der Waals surface area contributed by atoms with E-state index in [-0.39, 0.29) is 12.1 Å². The van der Waals surface area contributed by atoms with Crippen LogP contribution in [0.3, 0.4) is 0 Å². The summed E-state index contributed by atoms with van der Waals surface area (Å²) in [7, 11) is 0. The summed E-state index contributed by atoms with van der Waals surface area (Å²) in [5.74, 6) is 0.549. The second-order valence-corrected chi connectivity index (χ2v) is 8.09. The molecule has 22 heavy (non-hydrogen) atoms. The van der Waals surface area contributed by atoms with Gasteiger partial charge in [0.05, 0.1) is 17.8 Å². The summed E-state index contributed by atoms with van der Waals surface area (Å²) in [5, 5.41) is 6.41. The third-order valence-electron chi connectivity index (χ3n) is 3.64. The van der Waals surface area contributed by atoms with Crippen molar-refractivity contribution in [2.75, 3.05) is 6.54 Å². The molecule has 0 radical (unpaired) electrons. The van der Waals surface area contributed by atoms with E-state index in [1.54, 1.807) is 11.3 Å². The Morgan fingerprint density at radius 1 is 1.45 bits per heavy atom. The molecule has 1 aliphatic rings. The van der Waals surface area contributed by atoms with Crippen LogP contribution in [-0.2, 0) is 0 Å². The Morgan fingerprint density at radius 3 is 2.86 bits per heavy atom. The normalized spacial score (nSPS) is 21.5. The molecule has 0 spiro atoms. The third-order valence-corrected chi connectivity index (χ3v) is 5.76. The molecule has 1 aliphatic heterocycles. The summed E-state index contributed by atoms with van der Waals surface area (Å²) >= 11 is 10.9. The minimum Gasteiger partial charge on any atom is -0.352 e. The molecule has 0 aromatic carbocycles. The van der Waals surface area contributed by atoms with Crippen LogP contribution < -0.4 is 5.32 Å². The number of hydrogen-bond acceptors (Lipinski definition) is 3. The standard InChI is InChI=1S/C16H18BrN3S2/c1-10(2)8-20-15(13-7-11(17)9-22-13)14(19-16(20)21)12-5-3-4-6-18-12/h3-7,9-10,14-15H,8H2,1-2H3,(H,19,21)/t14-,15+/m1/s1. The Balaban J connectivity index is 2.00. The van der Waals surface area contributed by atoms with Crippen LogP contribution in [0.2, 0.25) is 0 Å². The maximum Gasteiger partial charge on any atom is 0.170 e. The lowest BCUT2D eigenvalue weighted by Gasteiger charge is -2.28. The molecule has 1 saturated heterocycles. The van der Waals surface area contributed by atoms with Crippen molar-refractivity contribution in [2.45, 2.75) is 25.9 Å². The van der Waals surface area contributed by atoms with Crippen molar-refractivity contribution in [1.82, 2.24) is 15.2 Å². The molecule has 116 valence electrons. The monoisotopic (exact) mass is 395 g/mol. The van der Waals surface area contributed by atoms with Crippen LogP contribution in [0.5, 0.6) is 0 Å². The highest BCUT2D eigenvalue weighted by Crippen LogP contribution is 2.41. The van der Waals surface area contributed by atoms with E-state index in [4.69, 9.17) is 12.2 Å². The Bertz CT molecular complexity index is 656. The highest BCUT2D eigenvalue weighted by molar-refractivity contribution is 9.10. The number of thiocarbonyl (C=S) groups is 1. The summed E-state index contributed by atoms with van der Waals surface area (Å²) in [6.07, 6.45) is 1.84. The molecule has 0 amide bonds. The molecule has 2 aromatic heterocycles. The van der Waals surface area contributed by atoms with Crippen LogP contribution in [-0.4, -0.2) is 21.5 Å². The summed E-state index contributed by atoms with van der Waals surface area (Å²) in [6, 6.07) is 8.52. The fourth-order valence-electron chi connectivity index (χ4n) is 2.79. The third kappa shape index (κ3) is 3.19. The summed E-state index contributed by atoms with van der Waals surface area (Å²) in [6.45, 7) is 5.38. The van der Waals surface area contributed by atoms with E-state index in [1.165, 1.54) is 4.88 Å². The minimum absolute atomic E-state index is 0.0954. The van der Waals surface area contributed by atoms with Gasteiger partial charge in [0.25, 0.3) is 0 Å². The predicted octanol–water partition coefficient (Wildman–Crippen LogP) is 4.53. The number of nitrogens with zero attached hydrogens (tertiary/aromatic N) is 2. The number of pyridine rings is 1. The SMILES string of the molecule is CC(C)CN1C(=S)N[C@H](c2ccccn2)[C@@H]1c1cc(Br)cs1. The number of nitrogens with one attached hydrogen (secondary N) is 1. The molecular weight excluding hydrogens is 378 g/mol. The Morgan fingerprint density at radius 2 is 2.27 bits per heavy atom. The van der Waals surface area contributed by atoms with Crippen LogP contribution in [0.15, 0.2) is 40.3 Å². The smallest absolute Gasteiger partial charge is 0.170 e. The van der Waals surface area contributed by atoms with E-state index in [9.17, 15) is 0 Å². The molecule has 1 N–H and O–H groups in total.